The van der Waals surface area contributed by atoms with Gasteiger partial charge in [-0.05, 0) is 19.8 Å². The molecule has 7 heteroatoms. The van der Waals surface area contributed by atoms with Gasteiger partial charge in [0.15, 0.2) is 9.84 Å². The second-order valence-corrected chi connectivity index (χ2v) is 7.43. The average Bonchev–Trinajstić information content (AvgIpc) is 2.21. The Bertz CT molecular complexity index is 413. The molecule has 18 heavy (non-hydrogen) atoms. The molecule has 0 aliphatic heterocycles. The Balaban J connectivity index is 4.55. The summed E-state index contributed by atoms with van der Waals surface area (Å²) in [5.41, 5.74) is 0. The van der Waals surface area contributed by atoms with Crippen molar-refractivity contribution < 1.29 is 23.1 Å². The first kappa shape index (κ1) is 16.9. The quantitative estimate of drug-likeness (QED) is 0.703. The standard InChI is InChI=1S/C11H21NO5S/c1-5-8(6-9(13)14)7-12-10(15)11(2,3)18(4,16)17/h8H,5-7H2,1-4H3,(H,12,15)(H,13,14). The van der Waals surface area contributed by atoms with Crippen molar-refractivity contribution in [3.63, 3.8) is 0 Å². The number of nitrogens with one attached hydrogen (secondary N) is 1. The number of hydrogen-bond acceptors (Lipinski definition) is 4. The lowest BCUT2D eigenvalue weighted by molar-refractivity contribution is -0.138. The summed E-state index contributed by atoms with van der Waals surface area (Å²) in [6.45, 7) is 4.65. The van der Waals surface area contributed by atoms with Crippen LogP contribution in [-0.4, -0.2) is 42.9 Å². The summed E-state index contributed by atoms with van der Waals surface area (Å²) >= 11 is 0. The van der Waals surface area contributed by atoms with Gasteiger partial charge in [-0.15, -0.1) is 0 Å². The largest absolute Gasteiger partial charge is 0.481 e. The predicted molar refractivity (Wildman–Crippen MR) is 68.0 cm³/mol. The monoisotopic (exact) mass is 279 g/mol. The summed E-state index contributed by atoms with van der Waals surface area (Å²) in [7, 11) is -3.51. The summed E-state index contributed by atoms with van der Waals surface area (Å²) in [4.78, 5) is 22.3. The highest BCUT2D eigenvalue weighted by Crippen LogP contribution is 2.15. The van der Waals surface area contributed by atoms with Crippen LogP contribution in [0.5, 0.6) is 0 Å². The van der Waals surface area contributed by atoms with Crippen LogP contribution in [0.1, 0.15) is 33.6 Å². The van der Waals surface area contributed by atoms with Crippen molar-refractivity contribution in [2.24, 2.45) is 5.92 Å². The van der Waals surface area contributed by atoms with Gasteiger partial charge < -0.3 is 10.4 Å². The van der Waals surface area contributed by atoms with Crippen LogP contribution in [-0.2, 0) is 19.4 Å². The van der Waals surface area contributed by atoms with E-state index < -0.39 is 26.5 Å². The Labute approximate surface area is 108 Å². The number of carbonyl (C=O) groups excluding carboxylic acids is 1. The molecule has 0 saturated heterocycles. The zero-order chi connectivity index (χ0) is 14.6. The van der Waals surface area contributed by atoms with Gasteiger partial charge in [0, 0.05) is 19.2 Å². The van der Waals surface area contributed by atoms with Crippen molar-refractivity contribution in [1.29, 1.82) is 0 Å². The number of rotatable bonds is 7. The van der Waals surface area contributed by atoms with Gasteiger partial charge in [-0.3, -0.25) is 9.59 Å². The van der Waals surface area contributed by atoms with Gasteiger partial charge >= 0.3 is 5.97 Å². The molecule has 1 atom stereocenters. The molecule has 1 unspecified atom stereocenters. The minimum absolute atomic E-state index is 0.0456. The minimum Gasteiger partial charge on any atom is -0.481 e. The first-order chi connectivity index (χ1) is 8.02. The van der Waals surface area contributed by atoms with Crippen LogP contribution in [0.4, 0.5) is 0 Å². The van der Waals surface area contributed by atoms with Gasteiger partial charge in [0.2, 0.25) is 5.91 Å². The molecular formula is C11H21NO5S. The maximum atomic E-state index is 11.8. The number of carboxylic acid groups (broad SMARTS) is 1. The number of aliphatic carboxylic acids is 1. The van der Waals surface area contributed by atoms with Crippen LogP contribution in [0.15, 0.2) is 0 Å². The van der Waals surface area contributed by atoms with Gasteiger partial charge in [-0.2, -0.15) is 0 Å². The molecule has 2 N–H and O–H groups in total. The number of carboxylic acids is 1. The fraction of sp³-hybridized carbons (Fsp3) is 0.818. The molecule has 0 aromatic heterocycles. The molecule has 0 rings (SSSR count). The van der Waals surface area contributed by atoms with Crippen LogP contribution in [0.25, 0.3) is 0 Å². The molecule has 0 aliphatic rings. The fourth-order valence-corrected chi connectivity index (χ4v) is 1.64. The lowest BCUT2D eigenvalue weighted by Crippen LogP contribution is -2.48. The molecule has 1 amide bonds. The topological polar surface area (TPSA) is 101 Å². The highest BCUT2D eigenvalue weighted by atomic mass is 32.2. The maximum Gasteiger partial charge on any atom is 0.303 e. The zero-order valence-corrected chi connectivity index (χ0v) is 12.0. The lowest BCUT2D eigenvalue weighted by Gasteiger charge is -2.23. The molecule has 0 heterocycles. The molecule has 0 spiro atoms. The van der Waals surface area contributed by atoms with Crippen molar-refractivity contribution in [2.75, 3.05) is 12.8 Å². The smallest absolute Gasteiger partial charge is 0.303 e. The predicted octanol–water partition coefficient (Wildman–Crippen LogP) is 0.427. The second-order valence-electron chi connectivity index (χ2n) is 4.86. The Morgan fingerprint density at radius 1 is 1.33 bits per heavy atom. The van der Waals surface area contributed by atoms with Gasteiger partial charge in [-0.1, -0.05) is 13.3 Å². The van der Waals surface area contributed by atoms with E-state index in [-0.39, 0.29) is 18.9 Å². The van der Waals surface area contributed by atoms with Crippen molar-refractivity contribution in [3.8, 4) is 0 Å². The third-order valence-electron chi connectivity index (χ3n) is 3.07. The average molecular weight is 279 g/mol. The van der Waals surface area contributed by atoms with Gasteiger partial charge in [-0.25, -0.2) is 8.42 Å². The van der Waals surface area contributed by atoms with E-state index in [0.717, 1.165) is 6.26 Å². The summed E-state index contributed by atoms with van der Waals surface area (Å²) in [5, 5.41) is 11.2. The Kier molecular flexibility index (Phi) is 5.79. The molecule has 0 aliphatic carbocycles. The van der Waals surface area contributed by atoms with E-state index in [1.165, 1.54) is 13.8 Å². The minimum atomic E-state index is -3.51. The first-order valence-corrected chi connectivity index (χ1v) is 7.61. The molecule has 0 bridgehead atoms. The number of sulfone groups is 1. The Hall–Kier alpha value is -1.11. The first-order valence-electron chi connectivity index (χ1n) is 5.72. The van der Waals surface area contributed by atoms with Crippen LogP contribution < -0.4 is 5.32 Å². The van der Waals surface area contributed by atoms with Crippen LogP contribution in [0.3, 0.4) is 0 Å². The molecule has 0 saturated carbocycles. The van der Waals surface area contributed by atoms with Crippen LogP contribution >= 0.6 is 0 Å². The van der Waals surface area contributed by atoms with Crippen LogP contribution in [0, 0.1) is 5.92 Å². The van der Waals surface area contributed by atoms with Gasteiger partial charge in [0.05, 0.1) is 0 Å². The SMILES string of the molecule is CCC(CNC(=O)C(C)(C)S(C)(=O)=O)CC(=O)O. The molecular weight excluding hydrogens is 258 g/mol. The molecule has 0 aromatic rings. The Morgan fingerprint density at radius 3 is 2.17 bits per heavy atom. The Morgan fingerprint density at radius 2 is 1.83 bits per heavy atom. The van der Waals surface area contributed by atoms with Crippen molar-refractivity contribution in [1.82, 2.24) is 5.32 Å². The molecule has 0 radical (unpaired) electrons. The number of carbonyl (C=O) groups is 2. The second kappa shape index (κ2) is 6.17. The lowest BCUT2D eigenvalue weighted by atomic mass is 10.0. The van der Waals surface area contributed by atoms with E-state index in [2.05, 4.69) is 5.32 Å². The summed E-state index contributed by atoms with van der Waals surface area (Å²) in [6, 6.07) is 0. The van der Waals surface area contributed by atoms with Crippen molar-refractivity contribution in [2.45, 2.75) is 38.4 Å². The van der Waals surface area contributed by atoms with Gasteiger partial charge in [0.25, 0.3) is 0 Å². The van der Waals surface area contributed by atoms with E-state index >= 15 is 0 Å². The van der Waals surface area contributed by atoms with Crippen molar-refractivity contribution >= 4 is 21.7 Å². The van der Waals surface area contributed by atoms with Crippen LogP contribution in [0.2, 0.25) is 0 Å². The number of amides is 1. The fourth-order valence-electron chi connectivity index (χ4n) is 1.23. The van der Waals surface area contributed by atoms with Crippen molar-refractivity contribution in [3.05, 3.63) is 0 Å². The normalized spacial score (nSPS) is 14.0. The third-order valence-corrected chi connectivity index (χ3v) is 5.11. The van der Waals surface area contributed by atoms with E-state index in [1.807, 2.05) is 6.92 Å². The van der Waals surface area contributed by atoms with E-state index in [4.69, 9.17) is 5.11 Å². The molecule has 0 fully saturated rings. The molecule has 6 nitrogen and oxygen atoms in total. The zero-order valence-electron chi connectivity index (χ0n) is 11.2. The van der Waals surface area contributed by atoms with E-state index in [9.17, 15) is 18.0 Å². The summed E-state index contributed by atoms with van der Waals surface area (Å²) < 4.78 is 21.4. The summed E-state index contributed by atoms with van der Waals surface area (Å²) in [5.74, 6) is -1.73. The van der Waals surface area contributed by atoms with E-state index in [1.54, 1.807) is 0 Å². The highest BCUT2D eigenvalue weighted by molar-refractivity contribution is 7.92. The van der Waals surface area contributed by atoms with Gasteiger partial charge in [0.1, 0.15) is 4.75 Å². The van der Waals surface area contributed by atoms with E-state index in [0.29, 0.717) is 6.42 Å². The highest BCUT2D eigenvalue weighted by Gasteiger charge is 2.38. The molecule has 0 aromatic carbocycles. The maximum absolute atomic E-state index is 11.8. The summed E-state index contributed by atoms with van der Waals surface area (Å²) in [6.07, 6.45) is 1.56. The molecule has 106 valence electrons. The number of hydrogen-bond donors (Lipinski definition) is 2. The third kappa shape index (κ3) is 4.64.